The summed E-state index contributed by atoms with van der Waals surface area (Å²) >= 11 is 0. The Morgan fingerprint density at radius 3 is 2.58 bits per heavy atom. The Morgan fingerprint density at radius 2 is 2.17 bits per heavy atom. The van der Waals surface area contributed by atoms with E-state index in [1.165, 1.54) is 0 Å². The van der Waals surface area contributed by atoms with E-state index < -0.39 is 0 Å². The lowest BCUT2D eigenvalue weighted by molar-refractivity contribution is -0.115. The first-order valence-corrected chi connectivity index (χ1v) is 4.48. The lowest BCUT2D eigenvalue weighted by Gasteiger charge is -2.42. The molecule has 70 valence electrons. The molecule has 0 unspecified atom stereocenters. The summed E-state index contributed by atoms with van der Waals surface area (Å²) in [6.45, 7) is 9.19. The molecule has 1 aliphatic rings. The third-order valence-corrected chi connectivity index (χ3v) is 2.30. The van der Waals surface area contributed by atoms with Gasteiger partial charge in [0, 0.05) is 25.2 Å². The summed E-state index contributed by atoms with van der Waals surface area (Å²) in [5.41, 5.74) is 0.105. The fourth-order valence-corrected chi connectivity index (χ4v) is 1.68. The van der Waals surface area contributed by atoms with Crippen LogP contribution in [0.3, 0.4) is 0 Å². The number of carbonyl (C=O) groups is 1. The van der Waals surface area contributed by atoms with Crippen molar-refractivity contribution in [1.29, 1.82) is 0 Å². The fraction of sp³-hybridized carbons (Fsp3) is 0.889. The van der Waals surface area contributed by atoms with E-state index in [2.05, 4.69) is 31.0 Å². The van der Waals surface area contributed by atoms with Gasteiger partial charge in [0.25, 0.3) is 0 Å². The molecule has 1 fully saturated rings. The van der Waals surface area contributed by atoms with E-state index in [9.17, 15) is 4.79 Å². The Morgan fingerprint density at radius 1 is 1.50 bits per heavy atom. The summed E-state index contributed by atoms with van der Waals surface area (Å²) in [4.78, 5) is 13.0. The minimum absolute atomic E-state index is 0.0544. The average molecular weight is 170 g/mol. The van der Waals surface area contributed by atoms with Crippen LogP contribution in [-0.2, 0) is 4.79 Å². The maximum absolute atomic E-state index is 10.7. The summed E-state index contributed by atoms with van der Waals surface area (Å²) < 4.78 is 0. The molecule has 0 aromatic heterocycles. The second-order valence-corrected chi connectivity index (χ2v) is 4.27. The van der Waals surface area contributed by atoms with Crippen LogP contribution in [0.25, 0.3) is 0 Å². The zero-order valence-corrected chi connectivity index (χ0v) is 8.13. The third kappa shape index (κ3) is 2.05. The number of hydrogen-bond donors (Lipinski definition) is 1. The van der Waals surface area contributed by atoms with E-state index in [0.29, 0.717) is 0 Å². The predicted molar refractivity (Wildman–Crippen MR) is 49.2 cm³/mol. The zero-order valence-electron chi connectivity index (χ0n) is 8.13. The van der Waals surface area contributed by atoms with Crippen LogP contribution in [0.5, 0.6) is 0 Å². The largest absolute Gasteiger partial charge is 0.313 e. The highest BCUT2D eigenvalue weighted by Crippen LogP contribution is 2.16. The van der Waals surface area contributed by atoms with Crippen molar-refractivity contribution in [3.63, 3.8) is 0 Å². The van der Waals surface area contributed by atoms with Gasteiger partial charge in [-0.3, -0.25) is 4.90 Å². The van der Waals surface area contributed by atoms with Crippen molar-refractivity contribution in [3.05, 3.63) is 0 Å². The minimum Gasteiger partial charge on any atom is -0.313 e. The van der Waals surface area contributed by atoms with Crippen LogP contribution in [-0.4, -0.2) is 42.4 Å². The van der Waals surface area contributed by atoms with E-state index >= 15 is 0 Å². The number of carbonyl (C=O) groups excluding carboxylic acids is 1. The van der Waals surface area contributed by atoms with Gasteiger partial charge >= 0.3 is 0 Å². The molecule has 0 spiro atoms. The number of aldehydes is 1. The molecule has 0 aromatic carbocycles. The molecule has 3 nitrogen and oxygen atoms in total. The molecule has 0 saturated carbocycles. The van der Waals surface area contributed by atoms with Crippen molar-refractivity contribution in [2.75, 3.05) is 19.6 Å². The van der Waals surface area contributed by atoms with E-state index in [4.69, 9.17) is 0 Å². The molecule has 1 heterocycles. The highest BCUT2D eigenvalue weighted by atomic mass is 16.1. The molecule has 1 N–H and O–H groups in total. The number of hydrogen-bond acceptors (Lipinski definition) is 3. The molecule has 0 amide bonds. The Labute approximate surface area is 74.1 Å². The van der Waals surface area contributed by atoms with Crippen LogP contribution < -0.4 is 5.32 Å². The van der Waals surface area contributed by atoms with Gasteiger partial charge in [0.1, 0.15) is 6.29 Å². The summed E-state index contributed by atoms with van der Waals surface area (Å²) in [5.74, 6) is 0. The molecule has 3 heteroatoms. The maximum Gasteiger partial charge on any atom is 0.138 e. The van der Waals surface area contributed by atoms with Crippen molar-refractivity contribution in [2.24, 2.45) is 0 Å². The van der Waals surface area contributed by atoms with Crippen LogP contribution in [0, 0.1) is 0 Å². The normalized spacial score (nSPS) is 27.1. The van der Waals surface area contributed by atoms with Gasteiger partial charge in [-0.05, 0) is 20.8 Å². The molecular weight excluding hydrogens is 152 g/mol. The van der Waals surface area contributed by atoms with E-state index in [1.807, 2.05) is 0 Å². The lowest BCUT2D eigenvalue weighted by atomic mass is 10.0. The van der Waals surface area contributed by atoms with Crippen molar-refractivity contribution in [1.82, 2.24) is 10.2 Å². The van der Waals surface area contributed by atoms with Crippen LogP contribution in [0.2, 0.25) is 0 Å². The van der Waals surface area contributed by atoms with E-state index in [-0.39, 0.29) is 11.6 Å². The van der Waals surface area contributed by atoms with Crippen LogP contribution >= 0.6 is 0 Å². The summed E-state index contributed by atoms with van der Waals surface area (Å²) in [6, 6.07) is 0.0544. The molecule has 1 aliphatic heterocycles. The van der Waals surface area contributed by atoms with Crippen LogP contribution in [0.1, 0.15) is 20.8 Å². The van der Waals surface area contributed by atoms with Crippen molar-refractivity contribution in [2.45, 2.75) is 32.4 Å². The summed E-state index contributed by atoms with van der Waals surface area (Å²) in [6.07, 6.45) is 1.04. The monoisotopic (exact) mass is 170 g/mol. The van der Waals surface area contributed by atoms with E-state index in [0.717, 1.165) is 25.9 Å². The van der Waals surface area contributed by atoms with Gasteiger partial charge in [-0.2, -0.15) is 0 Å². The topological polar surface area (TPSA) is 32.3 Å². The van der Waals surface area contributed by atoms with Gasteiger partial charge in [0.2, 0.25) is 0 Å². The van der Waals surface area contributed by atoms with Gasteiger partial charge in [0.05, 0.1) is 6.04 Å². The Bertz CT molecular complexity index is 162. The Balaban J connectivity index is 2.65. The quantitative estimate of drug-likeness (QED) is 0.573. The van der Waals surface area contributed by atoms with Crippen molar-refractivity contribution < 1.29 is 4.79 Å². The third-order valence-electron chi connectivity index (χ3n) is 2.30. The first-order chi connectivity index (χ1) is 5.55. The number of rotatable bonds is 1. The van der Waals surface area contributed by atoms with Gasteiger partial charge in [-0.25, -0.2) is 0 Å². The number of nitrogens with one attached hydrogen (secondary N) is 1. The van der Waals surface area contributed by atoms with Crippen molar-refractivity contribution >= 4 is 6.29 Å². The smallest absolute Gasteiger partial charge is 0.138 e. The number of nitrogens with zero attached hydrogens (tertiary/aromatic N) is 1. The van der Waals surface area contributed by atoms with Gasteiger partial charge in [-0.15, -0.1) is 0 Å². The van der Waals surface area contributed by atoms with Crippen LogP contribution in [0.15, 0.2) is 0 Å². The second-order valence-electron chi connectivity index (χ2n) is 4.27. The SMILES string of the molecule is CC(C)(C)N1CCNC[C@H]1C=O. The molecule has 1 rings (SSSR count). The lowest BCUT2D eigenvalue weighted by Crippen LogP contribution is -2.58. The van der Waals surface area contributed by atoms with Crippen LogP contribution in [0.4, 0.5) is 0 Å². The second kappa shape index (κ2) is 3.54. The predicted octanol–water partition coefficient (Wildman–Crippen LogP) is 0.258. The highest BCUT2D eigenvalue weighted by Gasteiger charge is 2.30. The molecule has 0 radical (unpaired) electrons. The minimum atomic E-state index is 0.0544. The first-order valence-electron chi connectivity index (χ1n) is 4.48. The zero-order chi connectivity index (χ0) is 9.19. The molecule has 1 saturated heterocycles. The first kappa shape index (κ1) is 9.68. The molecule has 0 bridgehead atoms. The highest BCUT2D eigenvalue weighted by molar-refractivity contribution is 5.58. The fourth-order valence-electron chi connectivity index (χ4n) is 1.68. The molecule has 0 aromatic rings. The Hall–Kier alpha value is -0.410. The standard InChI is InChI=1S/C9H18N2O/c1-9(2,3)11-5-4-10-6-8(11)7-12/h7-8,10H,4-6H2,1-3H3/t8-/m0/s1. The van der Waals surface area contributed by atoms with Gasteiger partial charge in [0.15, 0.2) is 0 Å². The Kier molecular flexibility index (Phi) is 2.85. The molecule has 0 aliphatic carbocycles. The number of piperazine rings is 1. The maximum atomic E-state index is 10.7. The summed E-state index contributed by atoms with van der Waals surface area (Å²) in [5, 5.41) is 3.21. The van der Waals surface area contributed by atoms with Gasteiger partial charge < -0.3 is 10.1 Å². The van der Waals surface area contributed by atoms with Gasteiger partial charge in [-0.1, -0.05) is 0 Å². The molecule has 1 atom stereocenters. The summed E-state index contributed by atoms with van der Waals surface area (Å²) in [7, 11) is 0. The molecule has 12 heavy (non-hydrogen) atoms. The van der Waals surface area contributed by atoms with Crippen molar-refractivity contribution in [3.8, 4) is 0 Å². The average Bonchev–Trinajstić information content (AvgIpc) is 2.03. The molecular formula is C9H18N2O. The van der Waals surface area contributed by atoms with E-state index in [1.54, 1.807) is 0 Å².